The summed E-state index contributed by atoms with van der Waals surface area (Å²) in [6.45, 7) is -0.298. The molecule has 0 fully saturated rings. The highest BCUT2D eigenvalue weighted by molar-refractivity contribution is 9.10. The number of rotatable bonds is 9. The Morgan fingerprint density at radius 2 is 2.03 bits per heavy atom. The lowest BCUT2D eigenvalue weighted by molar-refractivity contribution is -0.385. The SMILES string of the molecule is COc1cc(/C=N/Nc2ccc([N+](=O)[O-])cn2)cc(Br)c1OCC(=O)Nc1ccc(F)cc1. The van der Waals surface area contributed by atoms with Gasteiger partial charge in [-0.05, 0) is 64.0 Å². The van der Waals surface area contributed by atoms with Gasteiger partial charge in [-0.1, -0.05) is 0 Å². The third-order valence-corrected chi connectivity index (χ3v) is 4.67. The molecule has 2 aromatic carbocycles. The van der Waals surface area contributed by atoms with Crippen LogP contribution in [-0.4, -0.2) is 35.7 Å². The van der Waals surface area contributed by atoms with Crippen molar-refractivity contribution >= 4 is 45.2 Å². The zero-order valence-corrected chi connectivity index (χ0v) is 18.7. The van der Waals surface area contributed by atoms with Gasteiger partial charge in [0.25, 0.3) is 11.6 Å². The van der Waals surface area contributed by atoms with Crippen molar-refractivity contribution in [1.82, 2.24) is 4.98 Å². The minimum atomic E-state index is -0.542. The van der Waals surface area contributed by atoms with Crippen molar-refractivity contribution in [2.45, 2.75) is 0 Å². The molecule has 1 aromatic heterocycles. The van der Waals surface area contributed by atoms with E-state index in [0.717, 1.165) is 6.20 Å². The van der Waals surface area contributed by atoms with Gasteiger partial charge >= 0.3 is 0 Å². The molecule has 0 radical (unpaired) electrons. The lowest BCUT2D eigenvalue weighted by atomic mass is 10.2. The molecule has 170 valence electrons. The van der Waals surface area contributed by atoms with Gasteiger partial charge in [-0.25, -0.2) is 9.37 Å². The Hall–Kier alpha value is -4.06. The molecule has 0 aliphatic carbocycles. The van der Waals surface area contributed by atoms with Gasteiger partial charge in [0.2, 0.25) is 0 Å². The molecule has 0 aliphatic rings. The Morgan fingerprint density at radius 3 is 2.67 bits per heavy atom. The van der Waals surface area contributed by atoms with E-state index >= 15 is 0 Å². The lowest BCUT2D eigenvalue weighted by Gasteiger charge is -2.13. The molecule has 0 bridgehead atoms. The molecular formula is C21H17BrFN5O5. The van der Waals surface area contributed by atoms with Crippen LogP contribution >= 0.6 is 15.9 Å². The summed E-state index contributed by atoms with van der Waals surface area (Å²) >= 11 is 3.39. The number of halogens is 2. The van der Waals surface area contributed by atoms with E-state index in [2.05, 4.69) is 36.8 Å². The summed E-state index contributed by atoms with van der Waals surface area (Å²) in [5, 5.41) is 17.3. The minimum absolute atomic E-state index is 0.125. The number of hydrogen-bond donors (Lipinski definition) is 2. The first-order chi connectivity index (χ1) is 15.9. The number of hydrazone groups is 1. The molecule has 3 aromatic rings. The fraction of sp³-hybridized carbons (Fsp3) is 0.0952. The largest absolute Gasteiger partial charge is 0.493 e. The predicted octanol–water partition coefficient (Wildman–Crippen LogP) is 4.36. The number of methoxy groups -OCH3 is 1. The molecule has 0 saturated heterocycles. The highest BCUT2D eigenvalue weighted by Crippen LogP contribution is 2.36. The Labute approximate surface area is 195 Å². The van der Waals surface area contributed by atoms with E-state index in [0.29, 0.717) is 33.0 Å². The number of carbonyl (C=O) groups excluding carboxylic acids is 1. The van der Waals surface area contributed by atoms with E-state index < -0.39 is 16.6 Å². The van der Waals surface area contributed by atoms with E-state index in [9.17, 15) is 19.3 Å². The molecule has 1 amide bonds. The number of aromatic nitrogens is 1. The summed E-state index contributed by atoms with van der Waals surface area (Å²) in [4.78, 5) is 26.1. The van der Waals surface area contributed by atoms with Gasteiger partial charge in [0.15, 0.2) is 18.1 Å². The first-order valence-corrected chi connectivity index (χ1v) is 10.1. The Balaban J connectivity index is 1.62. The maximum absolute atomic E-state index is 13.0. The first kappa shape index (κ1) is 23.6. The molecule has 12 heteroatoms. The van der Waals surface area contributed by atoms with Crippen LogP contribution in [0.1, 0.15) is 5.56 Å². The summed E-state index contributed by atoms with van der Waals surface area (Å²) in [6.07, 6.45) is 2.61. The van der Waals surface area contributed by atoms with E-state index in [1.807, 2.05) is 0 Å². The van der Waals surface area contributed by atoms with E-state index in [1.165, 1.54) is 49.7 Å². The van der Waals surface area contributed by atoms with Crippen LogP contribution in [0.5, 0.6) is 11.5 Å². The van der Waals surface area contributed by atoms with Crippen LogP contribution in [-0.2, 0) is 4.79 Å². The number of pyridine rings is 1. The second kappa shape index (κ2) is 11.0. The third kappa shape index (κ3) is 6.71. The summed E-state index contributed by atoms with van der Waals surface area (Å²) in [7, 11) is 1.45. The molecule has 0 aliphatic heterocycles. The molecule has 0 spiro atoms. The number of nitrogens with zero attached hydrogens (tertiary/aromatic N) is 3. The van der Waals surface area contributed by atoms with E-state index in [4.69, 9.17) is 9.47 Å². The Kier molecular flexibility index (Phi) is 7.86. The van der Waals surface area contributed by atoms with Crippen LogP contribution < -0.4 is 20.2 Å². The van der Waals surface area contributed by atoms with Crippen LogP contribution in [0, 0.1) is 15.9 Å². The normalized spacial score (nSPS) is 10.6. The zero-order chi connectivity index (χ0) is 23.8. The average Bonchev–Trinajstić information content (AvgIpc) is 2.80. The molecule has 0 atom stereocenters. The maximum atomic E-state index is 13.0. The predicted molar refractivity (Wildman–Crippen MR) is 123 cm³/mol. The molecule has 0 saturated carbocycles. The zero-order valence-electron chi connectivity index (χ0n) is 17.1. The Morgan fingerprint density at radius 1 is 1.27 bits per heavy atom. The molecule has 33 heavy (non-hydrogen) atoms. The van der Waals surface area contributed by atoms with E-state index in [-0.39, 0.29) is 12.3 Å². The van der Waals surface area contributed by atoms with Crippen molar-refractivity contribution in [2.24, 2.45) is 5.10 Å². The lowest BCUT2D eigenvalue weighted by Crippen LogP contribution is -2.20. The molecule has 0 unspecified atom stereocenters. The number of nitrogens with one attached hydrogen (secondary N) is 2. The number of amides is 1. The minimum Gasteiger partial charge on any atom is -0.493 e. The van der Waals surface area contributed by atoms with Crippen LogP contribution in [0.3, 0.4) is 0 Å². The van der Waals surface area contributed by atoms with Gasteiger partial charge in [-0.15, -0.1) is 0 Å². The van der Waals surface area contributed by atoms with Crippen molar-refractivity contribution in [3.63, 3.8) is 0 Å². The fourth-order valence-electron chi connectivity index (χ4n) is 2.56. The van der Waals surface area contributed by atoms with Crippen molar-refractivity contribution in [2.75, 3.05) is 24.5 Å². The standard InChI is InChI=1S/C21H17BrFN5O5/c1-32-18-9-13(10-25-27-19-7-6-16(11-24-19)28(30)31)8-17(22)21(18)33-12-20(29)26-15-4-2-14(23)3-5-15/h2-11H,12H2,1H3,(H,24,27)(H,26,29)/b25-10+. The molecule has 1 heterocycles. The summed E-state index contributed by atoms with van der Waals surface area (Å²) in [5.74, 6) is 0.166. The molecule has 10 nitrogen and oxygen atoms in total. The third-order valence-electron chi connectivity index (χ3n) is 4.08. The van der Waals surface area contributed by atoms with Crippen molar-refractivity contribution in [3.8, 4) is 11.5 Å². The first-order valence-electron chi connectivity index (χ1n) is 9.31. The Bertz CT molecular complexity index is 1170. The molecule has 3 rings (SSSR count). The molecule has 2 N–H and O–H groups in total. The monoisotopic (exact) mass is 517 g/mol. The van der Waals surface area contributed by atoms with Crippen LogP contribution in [0.4, 0.5) is 21.6 Å². The number of nitro groups is 1. The van der Waals surface area contributed by atoms with Crippen molar-refractivity contribution < 1.29 is 23.6 Å². The van der Waals surface area contributed by atoms with Gasteiger partial charge < -0.3 is 14.8 Å². The second-order valence-electron chi connectivity index (χ2n) is 6.41. The number of benzene rings is 2. The maximum Gasteiger partial charge on any atom is 0.287 e. The number of ether oxygens (including phenoxy) is 2. The van der Waals surface area contributed by atoms with Gasteiger partial charge in [-0.2, -0.15) is 5.10 Å². The fourth-order valence-corrected chi connectivity index (χ4v) is 3.13. The van der Waals surface area contributed by atoms with Gasteiger partial charge in [-0.3, -0.25) is 20.3 Å². The van der Waals surface area contributed by atoms with Crippen LogP contribution in [0.2, 0.25) is 0 Å². The molecular weight excluding hydrogens is 501 g/mol. The van der Waals surface area contributed by atoms with Crippen LogP contribution in [0.25, 0.3) is 0 Å². The van der Waals surface area contributed by atoms with Gasteiger partial charge in [0.05, 0.1) is 22.7 Å². The highest BCUT2D eigenvalue weighted by atomic mass is 79.9. The summed E-state index contributed by atoms with van der Waals surface area (Å²) in [5.41, 5.74) is 3.62. The van der Waals surface area contributed by atoms with Crippen molar-refractivity contribution in [3.05, 3.63) is 80.7 Å². The quantitative estimate of drug-likeness (QED) is 0.245. The smallest absolute Gasteiger partial charge is 0.287 e. The number of anilines is 2. The van der Waals surface area contributed by atoms with Crippen molar-refractivity contribution in [1.29, 1.82) is 0 Å². The average molecular weight is 518 g/mol. The second-order valence-corrected chi connectivity index (χ2v) is 7.26. The summed E-state index contributed by atoms with van der Waals surface area (Å²) < 4.78 is 24.4. The highest BCUT2D eigenvalue weighted by Gasteiger charge is 2.13. The van der Waals surface area contributed by atoms with E-state index in [1.54, 1.807) is 12.1 Å². The topological polar surface area (TPSA) is 128 Å². The number of hydrogen-bond acceptors (Lipinski definition) is 8. The van der Waals surface area contributed by atoms with Gasteiger partial charge in [0, 0.05) is 11.8 Å². The van der Waals surface area contributed by atoms with Crippen LogP contribution in [0.15, 0.2) is 64.3 Å². The number of carbonyl (C=O) groups is 1. The van der Waals surface area contributed by atoms with Gasteiger partial charge in [0.1, 0.15) is 17.8 Å². The summed E-state index contributed by atoms with van der Waals surface area (Å²) in [6, 6.07) is 11.4.